The first kappa shape index (κ1) is 17.9. The SMILES string of the molecule is C[SiH2][SiH2][SiH]([Si](C)(C)c1ccccc1)[Si](C)(C)c1ccccc1. The molecule has 0 saturated heterocycles. The number of rotatable bonds is 6. The topological polar surface area (TPSA) is 0 Å². The van der Waals surface area contributed by atoms with Crippen LogP contribution in [0.3, 0.4) is 0 Å². The highest BCUT2D eigenvalue weighted by Crippen LogP contribution is 2.18. The second kappa shape index (κ2) is 7.40. The van der Waals surface area contributed by atoms with Crippen molar-refractivity contribution in [1.29, 1.82) is 0 Å². The van der Waals surface area contributed by atoms with Crippen molar-refractivity contribution in [1.82, 2.24) is 0 Å². The second-order valence-electron chi connectivity index (χ2n) is 7.52. The van der Waals surface area contributed by atoms with Gasteiger partial charge in [0.05, 0.1) is 15.2 Å². The fourth-order valence-corrected chi connectivity index (χ4v) is 122. The van der Waals surface area contributed by atoms with Gasteiger partial charge in [0.2, 0.25) is 0 Å². The summed E-state index contributed by atoms with van der Waals surface area (Å²) in [6.45, 7) is 13.4. The van der Waals surface area contributed by atoms with E-state index >= 15 is 0 Å². The molecule has 0 atom stereocenters. The summed E-state index contributed by atoms with van der Waals surface area (Å²) in [6.07, 6.45) is 0. The van der Waals surface area contributed by atoms with Gasteiger partial charge in [-0.2, -0.15) is 0 Å². The molecule has 0 spiro atoms. The number of hydrogen-bond donors (Lipinski definition) is 0. The Kier molecular flexibility index (Phi) is 6.01. The first-order valence-corrected chi connectivity index (χ1v) is 26.8. The van der Waals surface area contributed by atoms with Crippen molar-refractivity contribution in [2.45, 2.75) is 32.7 Å². The monoisotopic (exact) mass is 374 g/mol. The minimum atomic E-state index is -1.25. The van der Waals surface area contributed by atoms with E-state index in [1.807, 2.05) is 0 Å². The summed E-state index contributed by atoms with van der Waals surface area (Å²) in [5.41, 5.74) is 0. The van der Waals surface area contributed by atoms with Crippen LogP contribution in [0.15, 0.2) is 60.7 Å². The van der Waals surface area contributed by atoms with Crippen molar-refractivity contribution in [2.24, 2.45) is 0 Å². The van der Waals surface area contributed by atoms with Gasteiger partial charge in [-0.25, -0.2) is 0 Å². The lowest BCUT2D eigenvalue weighted by Crippen LogP contribution is -2.74. The van der Waals surface area contributed by atoms with E-state index in [1.54, 1.807) is 10.4 Å². The van der Waals surface area contributed by atoms with E-state index in [0.29, 0.717) is 0 Å². The molecule has 2 aromatic rings. The van der Waals surface area contributed by atoms with Crippen LogP contribution in [0.2, 0.25) is 32.7 Å². The maximum absolute atomic E-state index is 2.70. The summed E-state index contributed by atoms with van der Waals surface area (Å²) in [6, 6.07) is 23.2. The molecule has 22 heavy (non-hydrogen) atoms. The Balaban J connectivity index is 2.45. The predicted octanol–water partition coefficient (Wildman–Crippen LogP) is 1.40. The highest BCUT2D eigenvalue weighted by Gasteiger charge is 2.45. The molecule has 0 bridgehead atoms. The van der Waals surface area contributed by atoms with Crippen molar-refractivity contribution < 1.29 is 0 Å². The predicted molar refractivity (Wildman–Crippen MR) is 117 cm³/mol. The summed E-state index contributed by atoms with van der Waals surface area (Å²) in [5.74, 6) is 0. The summed E-state index contributed by atoms with van der Waals surface area (Å²) < 4.78 is 0. The minimum Gasteiger partial charge on any atom is -0.0773 e. The van der Waals surface area contributed by atoms with Gasteiger partial charge in [0.1, 0.15) is 0 Å². The van der Waals surface area contributed by atoms with Crippen LogP contribution in [0.1, 0.15) is 0 Å². The van der Waals surface area contributed by atoms with E-state index in [4.69, 9.17) is 0 Å². The molecule has 0 saturated carbocycles. The molecule has 0 heterocycles. The van der Waals surface area contributed by atoms with Crippen LogP contribution in [0.5, 0.6) is 0 Å². The van der Waals surface area contributed by atoms with Crippen LogP contribution in [-0.2, 0) is 0 Å². The van der Waals surface area contributed by atoms with Gasteiger partial charge < -0.3 is 0 Å². The first-order chi connectivity index (χ1) is 10.4. The Morgan fingerprint density at radius 1 is 0.682 bits per heavy atom. The van der Waals surface area contributed by atoms with E-state index in [-0.39, 0.29) is 17.6 Å². The van der Waals surface area contributed by atoms with Crippen molar-refractivity contribution in [3.05, 3.63) is 60.7 Å². The van der Waals surface area contributed by atoms with Crippen molar-refractivity contribution in [2.75, 3.05) is 0 Å². The highest BCUT2D eigenvalue weighted by molar-refractivity contribution is 7.83. The van der Waals surface area contributed by atoms with Gasteiger partial charge >= 0.3 is 0 Å². The first-order valence-electron chi connectivity index (χ1n) is 8.51. The maximum Gasteiger partial charge on any atom is 0.0653 e. The molecule has 5 heteroatoms. The Bertz CT molecular complexity index is 529. The lowest BCUT2D eigenvalue weighted by molar-refractivity contribution is 1.72. The number of benzene rings is 2. The standard InChI is InChI=1S/C17H30Si5/c1-18-19-20(21(2,3)16-12-8-6-9-13-16)22(4,5)17-14-10-7-11-15-17/h6-15,20H,18-19H2,1-5H3. The van der Waals surface area contributed by atoms with E-state index in [9.17, 15) is 0 Å². The van der Waals surface area contributed by atoms with Gasteiger partial charge in [0, 0.05) is 16.4 Å². The van der Waals surface area contributed by atoms with Crippen LogP contribution in [0.25, 0.3) is 0 Å². The summed E-state index contributed by atoms with van der Waals surface area (Å²) >= 11 is 0. The van der Waals surface area contributed by atoms with Gasteiger partial charge in [-0.15, -0.1) is 0 Å². The molecule has 0 amide bonds. The van der Waals surface area contributed by atoms with Gasteiger partial charge in [-0.05, 0) is 8.55 Å². The van der Waals surface area contributed by atoms with Gasteiger partial charge in [0.15, 0.2) is 0 Å². The molecule has 0 N–H and O–H groups in total. The van der Waals surface area contributed by atoms with Crippen LogP contribution >= 0.6 is 0 Å². The summed E-state index contributed by atoms with van der Waals surface area (Å²) in [4.78, 5) is 0. The van der Waals surface area contributed by atoms with Crippen LogP contribution < -0.4 is 10.4 Å². The zero-order valence-corrected chi connectivity index (χ0v) is 20.7. The molecule has 2 rings (SSSR count). The number of hydrogen-bond acceptors (Lipinski definition) is 0. The van der Waals surface area contributed by atoms with E-state index in [0.717, 1.165) is 0 Å². The lowest BCUT2D eigenvalue weighted by atomic mass is 10.4. The Hall–Kier alpha value is -0.476. The minimum absolute atomic E-state index is 0.241. The van der Waals surface area contributed by atoms with Gasteiger partial charge in [0.25, 0.3) is 0 Å². The molecule has 0 aliphatic heterocycles. The molecule has 0 radical (unpaired) electrons. The molecule has 0 fully saturated rings. The average Bonchev–Trinajstić information content (AvgIpc) is 2.54. The van der Waals surface area contributed by atoms with E-state index in [2.05, 4.69) is 93.4 Å². The third kappa shape index (κ3) is 3.71. The van der Waals surface area contributed by atoms with Crippen molar-refractivity contribution in [3.63, 3.8) is 0 Å². The Morgan fingerprint density at radius 3 is 1.36 bits per heavy atom. The van der Waals surface area contributed by atoms with Crippen LogP contribution in [-0.4, -0.2) is 40.1 Å². The zero-order valence-electron chi connectivity index (χ0n) is 14.8. The summed E-state index contributed by atoms with van der Waals surface area (Å²) in [7, 11) is -2.62. The van der Waals surface area contributed by atoms with Crippen molar-refractivity contribution >= 4 is 50.5 Å². The average molecular weight is 375 g/mol. The van der Waals surface area contributed by atoms with E-state index in [1.165, 1.54) is 0 Å². The third-order valence-corrected chi connectivity index (χ3v) is 86.9. The highest BCUT2D eigenvalue weighted by atomic mass is 30.0. The lowest BCUT2D eigenvalue weighted by Gasteiger charge is -2.42. The largest absolute Gasteiger partial charge is 0.0773 e. The van der Waals surface area contributed by atoms with Crippen molar-refractivity contribution in [3.8, 4) is 0 Å². The fourth-order valence-electron chi connectivity index (χ4n) is 4.05. The molecule has 0 unspecified atom stereocenters. The molecule has 0 nitrogen and oxygen atoms in total. The summed E-state index contributed by atoms with van der Waals surface area (Å²) in [5, 5.41) is 3.47. The van der Waals surface area contributed by atoms with Gasteiger partial charge in [-0.3, -0.25) is 0 Å². The van der Waals surface area contributed by atoms with Crippen LogP contribution in [0.4, 0.5) is 0 Å². The molecule has 0 aliphatic rings. The van der Waals surface area contributed by atoms with Crippen LogP contribution in [0, 0.1) is 0 Å². The molecule has 118 valence electrons. The molecular formula is C17H30Si5. The maximum atomic E-state index is 2.70. The molecule has 0 aliphatic carbocycles. The second-order valence-corrected chi connectivity index (χ2v) is 50.1. The zero-order chi connectivity index (χ0) is 16.2. The smallest absolute Gasteiger partial charge is 0.0653 e. The fraction of sp³-hybridized carbons (Fsp3) is 0.294. The molecular weight excluding hydrogens is 345 g/mol. The quantitative estimate of drug-likeness (QED) is 0.671. The normalized spacial score (nSPS) is 13.7. The Labute approximate surface area is 143 Å². The van der Waals surface area contributed by atoms with Gasteiger partial charge in [-0.1, -0.05) is 104 Å². The molecule has 2 aromatic carbocycles. The van der Waals surface area contributed by atoms with E-state index < -0.39 is 22.5 Å². The third-order valence-electron chi connectivity index (χ3n) is 5.36. The molecule has 0 aromatic heterocycles. The Morgan fingerprint density at radius 2 is 1.05 bits per heavy atom.